The summed E-state index contributed by atoms with van der Waals surface area (Å²) in [6.07, 6.45) is 2.88. The Morgan fingerprint density at radius 1 is 1.33 bits per heavy atom. The number of nitrogens with zero attached hydrogens (tertiary/aromatic N) is 1. The van der Waals surface area contributed by atoms with Crippen molar-refractivity contribution in [3.63, 3.8) is 0 Å². The SMILES string of the molecule is CC1(NS(=O)(=O)Cc2ccc(C#N)cc2)CCC1. The molecule has 0 spiro atoms. The van der Waals surface area contributed by atoms with Crippen LogP contribution in [0.1, 0.15) is 37.3 Å². The number of benzene rings is 1. The van der Waals surface area contributed by atoms with E-state index in [1.165, 1.54) is 0 Å². The summed E-state index contributed by atoms with van der Waals surface area (Å²) >= 11 is 0. The van der Waals surface area contributed by atoms with E-state index in [0.29, 0.717) is 11.1 Å². The Kier molecular flexibility index (Phi) is 3.42. The molecule has 0 atom stereocenters. The summed E-state index contributed by atoms with van der Waals surface area (Å²) in [5.74, 6) is -0.0334. The highest BCUT2D eigenvalue weighted by atomic mass is 32.2. The lowest BCUT2D eigenvalue weighted by Crippen LogP contribution is -2.51. The minimum atomic E-state index is -3.31. The van der Waals surface area contributed by atoms with Crippen LogP contribution in [0.25, 0.3) is 0 Å². The Bertz CT molecular complexity index is 566. The number of hydrogen-bond acceptors (Lipinski definition) is 3. The maximum atomic E-state index is 12.0. The van der Waals surface area contributed by atoms with Crippen molar-refractivity contribution in [2.75, 3.05) is 0 Å². The third-order valence-electron chi connectivity index (χ3n) is 3.30. The van der Waals surface area contributed by atoms with Crippen LogP contribution in [0.4, 0.5) is 0 Å². The molecular weight excluding hydrogens is 248 g/mol. The molecule has 0 bridgehead atoms. The molecule has 1 fully saturated rings. The minimum absolute atomic E-state index is 0.0334. The molecule has 18 heavy (non-hydrogen) atoms. The molecule has 1 aliphatic rings. The predicted molar refractivity (Wildman–Crippen MR) is 69.2 cm³/mol. The molecule has 5 heteroatoms. The van der Waals surface area contributed by atoms with Crippen molar-refractivity contribution in [1.29, 1.82) is 5.26 Å². The summed E-state index contributed by atoms with van der Waals surface area (Å²) in [6, 6.07) is 8.64. The molecule has 0 aliphatic heterocycles. The van der Waals surface area contributed by atoms with E-state index in [1.807, 2.05) is 13.0 Å². The van der Waals surface area contributed by atoms with Gasteiger partial charge in [-0.15, -0.1) is 0 Å². The molecule has 0 unspecified atom stereocenters. The quantitative estimate of drug-likeness (QED) is 0.903. The Morgan fingerprint density at radius 2 is 1.94 bits per heavy atom. The second kappa shape index (κ2) is 4.71. The van der Waals surface area contributed by atoms with Crippen molar-refractivity contribution in [3.05, 3.63) is 35.4 Å². The first kappa shape index (κ1) is 13.1. The molecule has 0 saturated heterocycles. The zero-order valence-corrected chi connectivity index (χ0v) is 11.1. The van der Waals surface area contributed by atoms with E-state index in [4.69, 9.17) is 5.26 Å². The van der Waals surface area contributed by atoms with Crippen molar-refractivity contribution in [2.24, 2.45) is 0 Å². The third-order valence-corrected chi connectivity index (χ3v) is 4.82. The highest BCUT2D eigenvalue weighted by molar-refractivity contribution is 7.88. The van der Waals surface area contributed by atoms with Gasteiger partial charge >= 0.3 is 0 Å². The first-order valence-electron chi connectivity index (χ1n) is 5.93. The highest BCUT2D eigenvalue weighted by Crippen LogP contribution is 2.31. The first-order valence-corrected chi connectivity index (χ1v) is 7.58. The maximum Gasteiger partial charge on any atom is 0.216 e. The zero-order chi connectivity index (χ0) is 13.2. The van der Waals surface area contributed by atoms with Gasteiger partial charge in [0.05, 0.1) is 17.4 Å². The van der Waals surface area contributed by atoms with Gasteiger partial charge < -0.3 is 0 Å². The molecule has 4 nitrogen and oxygen atoms in total. The Morgan fingerprint density at radius 3 is 2.39 bits per heavy atom. The second-order valence-electron chi connectivity index (χ2n) is 5.08. The van der Waals surface area contributed by atoms with Gasteiger partial charge in [-0.1, -0.05) is 12.1 Å². The van der Waals surface area contributed by atoms with E-state index in [-0.39, 0.29) is 11.3 Å². The van der Waals surface area contributed by atoms with Gasteiger partial charge in [-0.2, -0.15) is 5.26 Å². The van der Waals surface area contributed by atoms with Crippen LogP contribution in [0.3, 0.4) is 0 Å². The van der Waals surface area contributed by atoms with E-state index in [0.717, 1.165) is 19.3 Å². The van der Waals surface area contributed by atoms with Crippen LogP contribution in [-0.4, -0.2) is 14.0 Å². The standard InChI is InChI=1S/C13H16N2O2S/c1-13(7-2-8-13)15-18(16,17)10-12-5-3-11(9-14)4-6-12/h3-6,15H,2,7-8,10H2,1H3. The Balaban J connectivity index is 2.05. The fourth-order valence-corrected chi connectivity index (χ4v) is 3.77. The molecule has 0 heterocycles. The Hall–Kier alpha value is -1.38. The number of nitrogens with one attached hydrogen (secondary N) is 1. The van der Waals surface area contributed by atoms with Gasteiger partial charge in [0.25, 0.3) is 0 Å². The van der Waals surface area contributed by atoms with E-state index in [2.05, 4.69) is 4.72 Å². The van der Waals surface area contributed by atoms with Crippen LogP contribution in [0, 0.1) is 11.3 Å². The monoisotopic (exact) mass is 264 g/mol. The molecule has 1 N–H and O–H groups in total. The number of nitriles is 1. The average Bonchev–Trinajstić information content (AvgIpc) is 2.27. The number of rotatable bonds is 4. The number of hydrogen-bond donors (Lipinski definition) is 1. The lowest BCUT2D eigenvalue weighted by Gasteiger charge is -2.38. The van der Waals surface area contributed by atoms with Crippen LogP contribution in [0.2, 0.25) is 0 Å². The van der Waals surface area contributed by atoms with Crippen LogP contribution >= 0.6 is 0 Å². The maximum absolute atomic E-state index is 12.0. The molecule has 0 radical (unpaired) electrons. The van der Waals surface area contributed by atoms with Gasteiger partial charge in [-0.25, -0.2) is 13.1 Å². The normalized spacial score (nSPS) is 17.8. The van der Waals surface area contributed by atoms with Gasteiger partial charge in [0.1, 0.15) is 0 Å². The summed E-state index contributed by atoms with van der Waals surface area (Å²) in [6.45, 7) is 1.94. The Labute approximate surface area is 108 Å². The molecule has 0 aromatic heterocycles. The lowest BCUT2D eigenvalue weighted by molar-refractivity contribution is 0.248. The molecular formula is C13H16N2O2S. The molecule has 1 saturated carbocycles. The third kappa shape index (κ3) is 3.09. The summed E-state index contributed by atoms with van der Waals surface area (Å²) < 4.78 is 26.7. The summed E-state index contributed by atoms with van der Waals surface area (Å²) in [7, 11) is -3.31. The molecule has 1 aromatic rings. The number of sulfonamides is 1. The van der Waals surface area contributed by atoms with E-state index < -0.39 is 10.0 Å². The largest absolute Gasteiger partial charge is 0.216 e. The van der Waals surface area contributed by atoms with Crippen molar-refractivity contribution >= 4 is 10.0 Å². The first-order chi connectivity index (χ1) is 8.42. The van der Waals surface area contributed by atoms with Gasteiger partial charge in [0.2, 0.25) is 10.0 Å². The van der Waals surface area contributed by atoms with Gasteiger partial charge in [-0.05, 0) is 43.9 Å². The second-order valence-corrected chi connectivity index (χ2v) is 6.81. The fraction of sp³-hybridized carbons (Fsp3) is 0.462. The van der Waals surface area contributed by atoms with E-state index in [9.17, 15) is 8.42 Å². The minimum Gasteiger partial charge on any atom is -0.212 e. The van der Waals surface area contributed by atoms with Crippen molar-refractivity contribution in [3.8, 4) is 6.07 Å². The van der Waals surface area contributed by atoms with Gasteiger partial charge in [-0.3, -0.25) is 0 Å². The van der Waals surface area contributed by atoms with Gasteiger partial charge in [0, 0.05) is 5.54 Å². The lowest BCUT2D eigenvalue weighted by atomic mass is 9.80. The molecule has 2 rings (SSSR count). The zero-order valence-electron chi connectivity index (χ0n) is 10.3. The van der Waals surface area contributed by atoms with Crippen LogP contribution in [0.5, 0.6) is 0 Å². The average molecular weight is 264 g/mol. The van der Waals surface area contributed by atoms with Gasteiger partial charge in [0.15, 0.2) is 0 Å². The summed E-state index contributed by atoms with van der Waals surface area (Å²) in [4.78, 5) is 0. The van der Waals surface area contributed by atoms with Crippen molar-refractivity contribution in [2.45, 2.75) is 37.5 Å². The fourth-order valence-electron chi connectivity index (χ4n) is 2.12. The van der Waals surface area contributed by atoms with Crippen LogP contribution in [-0.2, 0) is 15.8 Å². The molecule has 1 aromatic carbocycles. The predicted octanol–water partition coefficient (Wildman–Crippen LogP) is 1.92. The smallest absolute Gasteiger partial charge is 0.212 e. The highest BCUT2D eigenvalue weighted by Gasteiger charge is 2.35. The molecule has 0 amide bonds. The molecule has 1 aliphatic carbocycles. The molecule has 96 valence electrons. The van der Waals surface area contributed by atoms with E-state index in [1.54, 1.807) is 24.3 Å². The van der Waals surface area contributed by atoms with Crippen molar-refractivity contribution in [1.82, 2.24) is 4.72 Å². The van der Waals surface area contributed by atoms with E-state index >= 15 is 0 Å². The summed E-state index contributed by atoms with van der Waals surface area (Å²) in [5, 5.41) is 8.67. The van der Waals surface area contributed by atoms with Crippen LogP contribution < -0.4 is 4.72 Å². The topological polar surface area (TPSA) is 70.0 Å². The van der Waals surface area contributed by atoms with Crippen molar-refractivity contribution < 1.29 is 8.42 Å². The van der Waals surface area contributed by atoms with Crippen LogP contribution in [0.15, 0.2) is 24.3 Å². The summed E-state index contributed by atoms with van der Waals surface area (Å²) in [5.41, 5.74) is 0.977.